The summed E-state index contributed by atoms with van der Waals surface area (Å²) in [5, 5.41) is 10.4. The van der Waals surface area contributed by atoms with E-state index in [9.17, 15) is 5.11 Å². The van der Waals surface area contributed by atoms with Crippen LogP contribution in [-0.2, 0) is 5.72 Å². The van der Waals surface area contributed by atoms with Crippen LogP contribution in [0, 0.1) is 0 Å². The Kier molecular flexibility index (Phi) is 1.80. The first-order valence-corrected chi connectivity index (χ1v) is 5.08. The quantitative estimate of drug-likeness (QED) is 0.657. The van der Waals surface area contributed by atoms with Crippen molar-refractivity contribution in [2.45, 2.75) is 5.72 Å². The molecule has 3 heteroatoms. The van der Waals surface area contributed by atoms with E-state index >= 15 is 0 Å². The first-order chi connectivity index (χ1) is 7.69. The van der Waals surface area contributed by atoms with E-state index in [1.807, 2.05) is 24.3 Å². The molecular formula is C13H11NO2. The summed E-state index contributed by atoms with van der Waals surface area (Å²) in [4.78, 5) is 0. The van der Waals surface area contributed by atoms with Crippen LogP contribution in [0.3, 0.4) is 0 Å². The minimum absolute atomic E-state index is 0.591. The molecule has 3 nitrogen and oxygen atoms in total. The number of fused-ring (bicyclic) bond motifs is 2. The number of ether oxygens (including phenoxy) is 1. The molecule has 0 saturated heterocycles. The molecule has 0 aliphatic carbocycles. The Bertz CT molecular complexity index is 502. The van der Waals surface area contributed by atoms with Crippen LogP contribution in [0.25, 0.3) is 0 Å². The van der Waals surface area contributed by atoms with Gasteiger partial charge in [0.1, 0.15) is 11.5 Å². The Morgan fingerprint density at radius 2 is 1.31 bits per heavy atom. The van der Waals surface area contributed by atoms with E-state index in [4.69, 9.17) is 10.5 Å². The van der Waals surface area contributed by atoms with Crippen LogP contribution < -0.4 is 10.5 Å². The number of nitrogens with two attached hydrogens (primary N) is 1. The molecule has 3 rings (SSSR count). The standard InChI is InChI=1S/C13H11NO2/c14-13(15)9-5-1-3-7-11(9)16-12-8-4-2-6-10(12)13/h1-8,15H,14H2. The number of aliphatic hydroxyl groups is 1. The van der Waals surface area contributed by atoms with E-state index in [-0.39, 0.29) is 0 Å². The van der Waals surface area contributed by atoms with E-state index < -0.39 is 5.72 Å². The summed E-state index contributed by atoms with van der Waals surface area (Å²) in [6.07, 6.45) is 0. The predicted molar refractivity (Wildman–Crippen MR) is 60.1 cm³/mol. The Hall–Kier alpha value is -1.84. The van der Waals surface area contributed by atoms with Gasteiger partial charge in [0.2, 0.25) is 0 Å². The Morgan fingerprint density at radius 3 is 1.81 bits per heavy atom. The molecular weight excluding hydrogens is 202 g/mol. The van der Waals surface area contributed by atoms with Crippen LogP contribution in [0.15, 0.2) is 48.5 Å². The summed E-state index contributed by atoms with van der Waals surface area (Å²) < 4.78 is 5.67. The molecule has 0 spiro atoms. The summed E-state index contributed by atoms with van der Waals surface area (Å²) in [6.45, 7) is 0. The molecule has 3 N–H and O–H groups in total. The molecule has 0 saturated carbocycles. The van der Waals surface area contributed by atoms with E-state index in [1.165, 1.54) is 0 Å². The van der Waals surface area contributed by atoms with Crippen molar-refractivity contribution in [1.82, 2.24) is 0 Å². The van der Waals surface area contributed by atoms with Gasteiger partial charge in [0.05, 0.1) is 0 Å². The summed E-state index contributed by atoms with van der Waals surface area (Å²) >= 11 is 0. The van der Waals surface area contributed by atoms with Gasteiger partial charge in [-0.05, 0) is 12.1 Å². The van der Waals surface area contributed by atoms with Gasteiger partial charge in [0, 0.05) is 11.1 Å². The average molecular weight is 213 g/mol. The van der Waals surface area contributed by atoms with Crippen LogP contribution >= 0.6 is 0 Å². The molecule has 1 aliphatic rings. The molecule has 0 bridgehead atoms. The van der Waals surface area contributed by atoms with E-state index in [2.05, 4.69) is 0 Å². The maximum absolute atomic E-state index is 10.4. The molecule has 0 amide bonds. The Morgan fingerprint density at radius 1 is 0.875 bits per heavy atom. The van der Waals surface area contributed by atoms with Crippen LogP contribution in [0.2, 0.25) is 0 Å². The maximum Gasteiger partial charge on any atom is 0.173 e. The Balaban J connectivity index is 2.28. The number of benzene rings is 2. The second-order valence-electron chi connectivity index (χ2n) is 3.86. The van der Waals surface area contributed by atoms with Gasteiger partial charge in [0.15, 0.2) is 5.72 Å². The van der Waals surface area contributed by atoms with Crippen molar-refractivity contribution in [1.29, 1.82) is 0 Å². The molecule has 0 radical (unpaired) electrons. The van der Waals surface area contributed by atoms with Crippen molar-refractivity contribution in [2.24, 2.45) is 5.73 Å². The highest BCUT2D eigenvalue weighted by Gasteiger charge is 2.36. The second kappa shape index (κ2) is 3.07. The van der Waals surface area contributed by atoms with Gasteiger partial charge in [0.25, 0.3) is 0 Å². The van der Waals surface area contributed by atoms with Gasteiger partial charge in [-0.25, -0.2) is 0 Å². The lowest BCUT2D eigenvalue weighted by molar-refractivity contribution is 0.0768. The van der Waals surface area contributed by atoms with E-state index in [0.29, 0.717) is 22.6 Å². The molecule has 2 aromatic carbocycles. The zero-order valence-corrected chi connectivity index (χ0v) is 8.55. The SMILES string of the molecule is NC1(O)c2ccccc2Oc2ccccc21. The first kappa shape index (κ1) is 9.39. The Labute approximate surface area is 93.1 Å². The lowest BCUT2D eigenvalue weighted by Gasteiger charge is -2.32. The maximum atomic E-state index is 10.4. The second-order valence-corrected chi connectivity index (χ2v) is 3.86. The van der Waals surface area contributed by atoms with Crippen molar-refractivity contribution in [3.05, 3.63) is 59.7 Å². The fourth-order valence-electron chi connectivity index (χ4n) is 2.00. The molecule has 1 heterocycles. The van der Waals surface area contributed by atoms with Gasteiger partial charge in [-0.1, -0.05) is 36.4 Å². The predicted octanol–water partition coefficient (Wildman–Crippen LogP) is 1.94. The lowest BCUT2D eigenvalue weighted by atomic mass is 9.92. The molecule has 80 valence electrons. The van der Waals surface area contributed by atoms with E-state index in [0.717, 1.165) is 0 Å². The molecule has 2 aromatic rings. The molecule has 0 fully saturated rings. The number of hydrogen-bond acceptors (Lipinski definition) is 3. The van der Waals surface area contributed by atoms with Gasteiger partial charge in [-0.2, -0.15) is 0 Å². The number of hydrogen-bond donors (Lipinski definition) is 2. The van der Waals surface area contributed by atoms with Crippen molar-refractivity contribution in [2.75, 3.05) is 0 Å². The first-order valence-electron chi connectivity index (χ1n) is 5.08. The minimum Gasteiger partial charge on any atom is -0.456 e. The molecule has 0 unspecified atom stereocenters. The van der Waals surface area contributed by atoms with Crippen LogP contribution in [0.1, 0.15) is 11.1 Å². The van der Waals surface area contributed by atoms with Crippen molar-refractivity contribution < 1.29 is 9.84 Å². The zero-order valence-electron chi connectivity index (χ0n) is 8.55. The number of rotatable bonds is 0. The topological polar surface area (TPSA) is 55.5 Å². The highest BCUT2D eigenvalue weighted by atomic mass is 16.5. The van der Waals surface area contributed by atoms with Crippen molar-refractivity contribution in [3.63, 3.8) is 0 Å². The van der Waals surface area contributed by atoms with Gasteiger partial charge in [-0.3, -0.25) is 5.73 Å². The third-order valence-electron chi connectivity index (χ3n) is 2.82. The fraction of sp³-hybridized carbons (Fsp3) is 0.0769. The lowest BCUT2D eigenvalue weighted by Crippen LogP contribution is -2.40. The highest BCUT2D eigenvalue weighted by molar-refractivity contribution is 5.54. The largest absolute Gasteiger partial charge is 0.456 e. The summed E-state index contributed by atoms with van der Waals surface area (Å²) in [5.74, 6) is 1.21. The number of para-hydroxylation sites is 2. The van der Waals surface area contributed by atoms with Gasteiger partial charge < -0.3 is 9.84 Å². The smallest absolute Gasteiger partial charge is 0.173 e. The summed E-state index contributed by atoms with van der Waals surface area (Å²) in [6, 6.07) is 14.5. The monoisotopic (exact) mass is 213 g/mol. The van der Waals surface area contributed by atoms with Crippen molar-refractivity contribution >= 4 is 0 Å². The van der Waals surface area contributed by atoms with Gasteiger partial charge >= 0.3 is 0 Å². The fourth-order valence-corrected chi connectivity index (χ4v) is 2.00. The van der Waals surface area contributed by atoms with Gasteiger partial charge in [-0.15, -0.1) is 0 Å². The molecule has 16 heavy (non-hydrogen) atoms. The molecule has 1 aliphatic heterocycles. The minimum atomic E-state index is -1.48. The average Bonchev–Trinajstić information content (AvgIpc) is 2.29. The normalized spacial score (nSPS) is 15.9. The summed E-state index contributed by atoms with van der Waals surface area (Å²) in [5.41, 5.74) is 5.68. The van der Waals surface area contributed by atoms with Crippen molar-refractivity contribution in [3.8, 4) is 11.5 Å². The molecule has 0 atom stereocenters. The van der Waals surface area contributed by atoms with Crippen LogP contribution in [0.5, 0.6) is 11.5 Å². The van der Waals surface area contributed by atoms with Crippen LogP contribution in [-0.4, -0.2) is 5.11 Å². The third-order valence-corrected chi connectivity index (χ3v) is 2.82. The highest BCUT2D eigenvalue weighted by Crippen LogP contribution is 2.43. The molecule has 0 aromatic heterocycles. The van der Waals surface area contributed by atoms with E-state index in [1.54, 1.807) is 24.3 Å². The zero-order chi connectivity index (χ0) is 11.2. The van der Waals surface area contributed by atoms with Crippen LogP contribution in [0.4, 0.5) is 0 Å². The summed E-state index contributed by atoms with van der Waals surface area (Å²) in [7, 11) is 0. The third kappa shape index (κ3) is 1.16.